The Kier molecular flexibility index (Phi) is 5.91. The van der Waals surface area contributed by atoms with Crippen molar-refractivity contribution >= 4 is 38.4 Å². The Hall–Kier alpha value is -2.67. The molecule has 0 saturated heterocycles. The molecule has 1 aromatic heterocycles. The van der Waals surface area contributed by atoms with E-state index in [1.54, 1.807) is 12.1 Å². The van der Waals surface area contributed by atoms with Crippen molar-refractivity contribution in [2.75, 3.05) is 6.61 Å². The summed E-state index contributed by atoms with van der Waals surface area (Å²) in [5, 5.41) is 18.3. The van der Waals surface area contributed by atoms with Gasteiger partial charge in [0.2, 0.25) is 5.88 Å². The van der Waals surface area contributed by atoms with Gasteiger partial charge in [0, 0.05) is 9.86 Å². The number of ether oxygens (including phenoxy) is 1. The summed E-state index contributed by atoms with van der Waals surface area (Å²) in [5.41, 5.74) is 1.99. The summed E-state index contributed by atoms with van der Waals surface area (Å²) in [5.74, 6) is 0.342. The molecule has 0 aliphatic heterocycles. The number of H-pyrrole nitrogens is 1. The number of nitrogens with one attached hydrogen (secondary N) is 1. The molecule has 140 valence electrons. The first-order chi connectivity index (χ1) is 13.0. The number of aromatic hydroxyl groups is 1. The first-order valence-electron chi connectivity index (χ1n) is 8.66. The van der Waals surface area contributed by atoms with E-state index in [0.717, 1.165) is 16.5 Å². The molecule has 2 N–H and O–H groups in total. The average Bonchev–Trinajstić information content (AvgIpc) is 2.98. The molecule has 1 amide bonds. The topological polar surface area (TPSA) is 87.0 Å². The van der Waals surface area contributed by atoms with Gasteiger partial charge in [-0.3, -0.25) is 4.79 Å². The molecule has 1 atom stereocenters. The average molecular weight is 430 g/mol. The third-order valence-electron chi connectivity index (χ3n) is 4.39. The lowest BCUT2D eigenvalue weighted by Crippen LogP contribution is -2.09. The molecule has 0 aliphatic carbocycles. The van der Waals surface area contributed by atoms with Crippen molar-refractivity contribution in [1.29, 1.82) is 0 Å². The number of halogens is 1. The van der Waals surface area contributed by atoms with Crippen molar-refractivity contribution in [3.63, 3.8) is 0 Å². The smallest absolute Gasteiger partial charge is 0.302 e. The second kappa shape index (κ2) is 8.35. The van der Waals surface area contributed by atoms with Gasteiger partial charge in [-0.15, -0.1) is 10.2 Å². The van der Waals surface area contributed by atoms with Crippen molar-refractivity contribution in [2.45, 2.75) is 26.2 Å². The van der Waals surface area contributed by atoms with Gasteiger partial charge in [0.1, 0.15) is 5.75 Å². The lowest BCUT2D eigenvalue weighted by atomic mass is 9.98. The van der Waals surface area contributed by atoms with Crippen molar-refractivity contribution < 1.29 is 14.6 Å². The van der Waals surface area contributed by atoms with Gasteiger partial charge in [-0.2, -0.15) is 0 Å². The Labute approximate surface area is 165 Å². The number of benzene rings is 2. The number of fused-ring (bicyclic) bond motifs is 1. The number of para-hydroxylation sites is 1. The molecule has 0 saturated carbocycles. The van der Waals surface area contributed by atoms with Crippen molar-refractivity contribution in [2.24, 2.45) is 10.2 Å². The van der Waals surface area contributed by atoms with Crippen LogP contribution in [0.1, 0.15) is 31.7 Å². The van der Waals surface area contributed by atoms with Gasteiger partial charge in [-0.25, -0.2) is 0 Å². The Morgan fingerprint density at radius 2 is 2.07 bits per heavy atom. The van der Waals surface area contributed by atoms with Gasteiger partial charge in [0.05, 0.1) is 5.52 Å². The number of nitrogens with zero attached hydrogens (tertiary/aromatic N) is 2. The van der Waals surface area contributed by atoms with Crippen LogP contribution >= 0.6 is 15.9 Å². The third kappa shape index (κ3) is 4.36. The second-order valence-electron chi connectivity index (χ2n) is 6.24. The summed E-state index contributed by atoms with van der Waals surface area (Å²) >= 11 is 3.38. The number of amides is 1. The van der Waals surface area contributed by atoms with Crippen molar-refractivity contribution in [3.8, 4) is 11.6 Å². The number of hydrogen-bond acceptors (Lipinski definition) is 4. The van der Waals surface area contributed by atoms with E-state index in [0.29, 0.717) is 22.6 Å². The van der Waals surface area contributed by atoms with E-state index in [2.05, 4.69) is 45.0 Å². The van der Waals surface area contributed by atoms with E-state index >= 15 is 0 Å². The largest absolute Gasteiger partial charge is 0.493 e. The summed E-state index contributed by atoms with van der Waals surface area (Å²) in [6.45, 7) is 4.00. The number of carbonyl (C=O) groups excluding carboxylic acids is 1. The molecule has 0 bridgehead atoms. The van der Waals surface area contributed by atoms with E-state index in [1.807, 2.05) is 30.3 Å². The predicted octanol–water partition coefficient (Wildman–Crippen LogP) is 5.84. The normalized spacial score (nSPS) is 12.6. The molecule has 0 spiro atoms. The number of hydrogen-bond donors (Lipinski definition) is 2. The minimum absolute atomic E-state index is 0.136. The maximum atomic E-state index is 12.1. The van der Waals surface area contributed by atoms with Crippen LogP contribution in [0.4, 0.5) is 5.69 Å². The minimum atomic E-state index is -0.530. The maximum Gasteiger partial charge on any atom is 0.302 e. The molecule has 27 heavy (non-hydrogen) atoms. The van der Waals surface area contributed by atoms with Gasteiger partial charge >= 0.3 is 5.91 Å². The van der Waals surface area contributed by atoms with Gasteiger partial charge in [0.25, 0.3) is 0 Å². The second-order valence-corrected chi connectivity index (χ2v) is 7.16. The van der Waals surface area contributed by atoms with Crippen LogP contribution in [0, 0.1) is 0 Å². The molecule has 3 aromatic rings. The quantitative estimate of drug-likeness (QED) is 0.482. The standard InChI is InChI=1S/C20H20BrN3O3/c1-3-12(2)14-6-4-5-7-17(14)27-11-18(25)23-24-19-15-10-13(21)8-9-16(15)22-20(19)26/h4-10,12,22,26H,3,11H2,1-2H3/t12-/m1/s1. The number of rotatable bonds is 6. The molecule has 3 rings (SSSR count). The molecule has 0 unspecified atom stereocenters. The molecule has 0 aliphatic rings. The maximum absolute atomic E-state index is 12.1. The lowest BCUT2D eigenvalue weighted by molar-refractivity contribution is -0.120. The van der Waals surface area contributed by atoms with E-state index in [9.17, 15) is 9.90 Å². The van der Waals surface area contributed by atoms with Crippen molar-refractivity contribution in [3.05, 3.63) is 52.5 Å². The highest BCUT2D eigenvalue weighted by Gasteiger charge is 2.13. The van der Waals surface area contributed by atoms with E-state index < -0.39 is 5.91 Å². The summed E-state index contributed by atoms with van der Waals surface area (Å²) in [6, 6.07) is 13.1. The molecule has 2 aromatic carbocycles. The highest BCUT2D eigenvalue weighted by Crippen LogP contribution is 2.36. The van der Waals surface area contributed by atoms with E-state index in [-0.39, 0.29) is 18.2 Å². The fourth-order valence-corrected chi connectivity index (χ4v) is 3.11. The van der Waals surface area contributed by atoms with E-state index in [4.69, 9.17) is 4.74 Å². The Bertz CT molecular complexity index is 997. The van der Waals surface area contributed by atoms with Gasteiger partial charge < -0.3 is 14.8 Å². The minimum Gasteiger partial charge on any atom is -0.493 e. The van der Waals surface area contributed by atoms with Gasteiger partial charge in [0.15, 0.2) is 12.3 Å². The molecule has 0 radical (unpaired) electrons. The SMILES string of the molecule is CC[C@@H](C)c1ccccc1OCC(=O)N=Nc1c(O)[nH]c2ccc(Br)cc12. The van der Waals surface area contributed by atoms with Crippen LogP contribution in [0.15, 0.2) is 57.2 Å². The van der Waals surface area contributed by atoms with Gasteiger partial charge in [-0.05, 0) is 42.2 Å². The Morgan fingerprint density at radius 1 is 1.30 bits per heavy atom. The number of aromatic nitrogens is 1. The van der Waals surface area contributed by atoms with Gasteiger partial charge in [-0.1, -0.05) is 48.0 Å². The zero-order valence-corrected chi connectivity index (χ0v) is 16.7. The Balaban J connectivity index is 1.72. The highest BCUT2D eigenvalue weighted by molar-refractivity contribution is 9.10. The third-order valence-corrected chi connectivity index (χ3v) is 4.88. The Morgan fingerprint density at radius 3 is 2.85 bits per heavy atom. The van der Waals surface area contributed by atoms with Crippen molar-refractivity contribution in [1.82, 2.24) is 4.98 Å². The zero-order valence-electron chi connectivity index (χ0n) is 15.1. The molecule has 7 heteroatoms. The summed E-state index contributed by atoms with van der Waals surface area (Å²) in [7, 11) is 0. The monoisotopic (exact) mass is 429 g/mol. The highest BCUT2D eigenvalue weighted by atomic mass is 79.9. The van der Waals surface area contributed by atoms with Crippen LogP contribution in [0.2, 0.25) is 0 Å². The van der Waals surface area contributed by atoms with Crippen LogP contribution in [-0.4, -0.2) is 22.6 Å². The first-order valence-corrected chi connectivity index (χ1v) is 9.45. The van der Waals surface area contributed by atoms with Crippen LogP contribution in [0.25, 0.3) is 10.9 Å². The fraction of sp³-hybridized carbons (Fsp3) is 0.250. The lowest BCUT2D eigenvalue weighted by Gasteiger charge is -2.14. The molecule has 6 nitrogen and oxygen atoms in total. The number of carbonyl (C=O) groups is 1. The predicted molar refractivity (Wildman–Crippen MR) is 108 cm³/mol. The molecular formula is C20H20BrN3O3. The fourth-order valence-electron chi connectivity index (χ4n) is 2.75. The molecule has 0 fully saturated rings. The summed E-state index contributed by atoms with van der Waals surface area (Å²) < 4.78 is 6.48. The number of aromatic amines is 1. The zero-order chi connectivity index (χ0) is 19.4. The number of azo groups is 1. The summed E-state index contributed by atoms with van der Waals surface area (Å²) in [6.07, 6.45) is 0.976. The van der Waals surface area contributed by atoms with Crippen LogP contribution in [0.3, 0.4) is 0 Å². The van der Waals surface area contributed by atoms with Crippen LogP contribution in [-0.2, 0) is 4.79 Å². The summed E-state index contributed by atoms with van der Waals surface area (Å²) in [4.78, 5) is 14.9. The molecule has 1 heterocycles. The first kappa shape index (κ1) is 19.1. The molecular weight excluding hydrogens is 410 g/mol. The van der Waals surface area contributed by atoms with Crippen LogP contribution in [0.5, 0.6) is 11.6 Å². The van der Waals surface area contributed by atoms with Crippen LogP contribution < -0.4 is 4.74 Å². The van der Waals surface area contributed by atoms with E-state index in [1.165, 1.54) is 0 Å².